The number of carbonyl (C=O) groups excluding carboxylic acids is 1. The first-order valence-corrected chi connectivity index (χ1v) is 18.8. The fourth-order valence-corrected chi connectivity index (χ4v) is 7.90. The van der Waals surface area contributed by atoms with Gasteiger partial charge in [0.05, 0.1) is 41.3 Å². The van der Waals surface area contributed by atoms with Gasteiger partial charge in [-0.15, -0.1) is 0 Å². The Balaban J connectivity index is 1.34. The summed E-state index contributed by atoms with van der Waals surface area (Å²) >= 11 is 0. The third-order valence-corrected chi connectivity index (χ3v) is 14.4. The molecular weight excluding hydrogens is 563 g/mol. The van der Waals surface area contributed by atoms with Crippen LogP contribution in [0, 0.1) is 6.92 Å². The van der Waals surface area contributed by atoms with E-state index in [1.807, 2.05) is 37.8 Å². The first kappa shape index (κ1) is 30.4. The van der Waals surface area contributed by atoms with Crippen molar-refractivity contribution in [3.63, 3.8) is 0 Å². The molecule has 7 nitrogen and oxygen atoms in total. The van der Waals surface area contributed by atoms with Crippen LogP contribution in [0.15, 0.2) is 61.2 Å². The third-order valence-electron chi connectivity index (χ3n) is 9.90. The number of benzene rings is 1. The van der Waals surface area contributed by atoms with E-state index in [0.717, 1.165) is 75.8 Å². The second-order valence-electron chi connectivity index (χ2n) is 14.2. The molecule has 0 bridgehead atoms. The Morgan fingerprint density at radius 2 is 1.82 bits per heavy atom. The van der Waals surface area contributed by atoms with E-state index in [4.69, 9.17) is 14.4 Å². The smallest absolute Gasteiger partial charge is 0.257 e. The van der Waals surface area contributed by atoms with Gasteiger partial charge in [0.15, 0.2) is 8.32 Å². The van der Waals surface area contributed by atoms with Gasteiger partial charge in [0, 0.05) is 42.8 Å². The molecule has 1 aliphatic heterocycles. The molecule has 6 rings (SSSR count). The Labute approximate surface area is 262 Å². The average molecular weight is 608 g/mol. The summed E-state index contributed by atoms with van der Waals surface area (Å²) in [6.45, 7) is 14.1. The van der Waals surface area contributed by atoms with Gasteiger partial charge in [0.1, 0.15) is 0 Å². The van der Waals surface area contributed by atoms with Gasteiger partial charge in [-0.3, -0.25) is 19.7 Å². The fourth-order valence-electron chi connectivity index (χ4n) is 6.51. The Bertz CT molecular complexity index is 1680. The maximum atomic E-state index is 14.5. The maximum Gasteiger partial charge on any atom is 0.257 e. The molecule has 1 fully saturated rings. The quantitative estimate of drug-likeness (QED) is 0.209. The maximum absolute atomic E-state index is 14.5. The summed E-state index contributed by atoms with van der Waals surface area (Å²) in [5, 5.41) is 1.19. The minimum Gasteiger partial charge on any atom is -0.412 e. The van der Waals surface area contributed by atoms with Crippen molar-refractivity contribution in [2.24, 2.45) is 0 Å². The van der Waals surface area contributed by atoms with Gasteiger partial charge < -0.3 is 14.2 Å². The van der Waals surface area contributed by atoms with E-state index in [2.05, 4.69) is 86.0 Å². The van der Waals surface area contributed by atoms with Crippen molar-refractivity contribution in [1.29, 1.82) is 0 Å². The molecule has 4 aromatic rings. The summed E-state index contributed by atoms with van der Waals surface area (Å²) in [6.07, 6.45) is 12.4. The summed E-state index contributed by atoms with van der Waals surface area (Å²) in [5.74, 6) is 0.0862. The zero-order chi connectivity index (χ0) is 31.2. The molecule has 2 atom stereocenters. The minimum atomic E-state index is -2.00. The zero-order valence-corrected chi connectivity index (χ0v) is 28.2. The number of pyridine rings is 3. The molecule has 0 unspecified atom stereocenters. The van der Waals surface area contributed by atoms with Crippen molar-refractivity contribution >= 4 is 30.8 Å². The lowest BCUT2D eigenvalue weighted by atomic mass is 9.89. The molecule has 230 valence electrons. The second kappa shape index (κ2) is 11.7. The number of carbonyl (C=O) groups is 1. The Hall–Kier alpha value is -3.62. The number of aryl methyl sites for hydroxylation is 1. The van der Waals surface area contributed by atoms with E-state index in [-0.39, 0.29) is 23.1 Å². The lowest BCUT2D eigenvalue weighted by Gasteiger charge is -2.48. The van der Waals surface area contributed by atoms with Crippen LogP contribution in [0.2, 0.25) is 18.1 Å². The van der Waals surface area contributed by atoms with Crippen molar-refractivity contribution in [3.8, 4) is 11.3 Å². The molecule has 4 heterocycles. The number of nitrogens with zero attached hydrogens (tertiary/aromatic N) is 5. The van der Waals surface area contributed by atoms with Crippen molar-refractivity contribution in [2.45, 2.75) is 90.1 Å². The molecule has 2 aliphatic rings. The number of rotatable bonds is 6. The largest absolute Gasteiger partial charge is 0.412 e. The summed E-state index contributed by atoms with van der Waals surface area (Å²) in [6, 6.07) is 12.5. The molecule has 8 heteroatoms. The van der Waals surface area contributed by atoms with Crippen molar-refractivity contribution < 1.29 is 9.22 Å². The standard InChI is InChI=1S/C36H45N5O2Si/c1-24-17-27(22-37-20-24)30-15-14-25(21-39-30)18-26-19-29-34(33-28(26)11-10-16-38-33)40(5)23-41(35(29)42)31-12-8-9-13-32(31)43-44(6,7)36(2,3)4/h10-11,14-17,19-22,31-32H,8-9,12-13,18,23H2,1-7H3/t31-,32-/m0/s1. The summed E-state index contributed by atoms with van der Waals surface area (Å²) in [4.78, 5) is 32.6. The fraction of sp³-hybridized carbons (Fsp3) is 0.444. The van der Waals surface area contributed by atoms with Crippen LogP contribution in [0.3, 0.4) is 0 Å². The van der Waals surface area contributed by atoms with E-state index in [0.29, 0.717) is 13.1 Å². The Morgan fingerprint density at radius 1 is 1.02 bits per heavy atom. The first-order valence-electron chi connectivity index (χ1n) is 15.9. The van der Waals surface area contributed by atoms with Crippen molar-refractivity contribution in [1.82, 2.24) is 19.9 Å². The molecule has 1 amide bonds. The van der Waals surface area contributed by atoms with Gasteiger partial charge in [0.2, 0.25) is 0 Å². The van der Waals surface area contributed by atoms with E-state index < -0.39 is 8.32 Å². The summed E-state index contributed by atoms with van der Waals surface area (Å²) < 4.78 is 7.00. The lowest BCUT2D eigenvalue weighted by molar-refractivity contribution is 0.0218. The van der Waals surface area contributed by atoms with Crippen LogP contribution in [-0.2, 0) is 10.8 Å². The number of aromatic nitrogens is 3. The highest BCUT2D eigenvalue weighted by Crippen LogP contribution is 2.42. The molecule has 0 spiro atoms. The van der Waals surface area contributed by atoms with Gasteiger partial charge in [0.25, 0.3) is 5.91 Å². The predicted octanol–water partition coefficient (Wildman–Crippen LogP) is 7.77. The number of anilines is 1. The minimum absolute atomic E-state index is 0.0646. The molecule has 0 saturated heterocycles. The van der Waals surface area contributed by atoms with Crippen LogP contribution >= 0.6 is 0 Å². The van der Waals surface area contributed by atoms with Gasteiger partial charge in [-0.25, -0.2) is 0 Å². The van der Waals surface area contributed by atoms with Gasteiger partial charge in [-0.2, -0.15) is 0 Å². The molecule has 1 aliphatic carbocycles. The van der Waals surface area contributed by atoms with Crippen LogP contribution in [0.1, 0.15) is 73.5 Å². The van der Waals surface area contributed by atoms with Crippen molar-refractivity contribution in [3.05, 3.63) is 83.4 Å². The van der Waals surface area contributed by atoms with Crippen LogP contribution in [0.4, 0.5) is 5.69 Å². The van der Waals surface area contributed by atoms with Gasteiger partial charge in [-0.1, -0.05) is 45.7 Å². The van der Waals surface area contributed by atoms with Crippen LogP contribution < -0.4 is 4.90 Å². The third kappa shape index (κ3) is 5.77. The van der Waals surface area contributed by atoms with Gasteiger partial charge in [-0.05, 0) is 85.3 Å². The Kier molecular flexibility index (Phi) is 8.09. The summed E-state index contributed by atoms with van der Waals surface area (Å²) in [5.41, 5.74) is 7.71. The molecule has 44 heavy (non-hydrogen) atoms. The van der Waals surface area contributed by atoms with E-state index in [1.165, 1.54) is 0 Å². The topological polar surface area (TPSA) is 71.5 Å². The lowest BCUT2D eigenvalue weighted by Crippen LogP contribution is -2.58. The number of fused-ring (bicyclic) bond motifs is 3. The van der Waals surface area contributed by atoms with E-state index in [9.17, 15) is 4.79 Å². The second-order valence-corrected chi connectivity index (χ2v) is 18.9. The van der Waals surface area contributed by atoms with Crippen LogP contribution in [0.5, 0.6) is 0 Å². The van der Waals surface area contributed by atoms with Crippen LogP contribution in [0.25, 0.3) is 22.2 Å². The average Bonchev–Trinajstić information content (AvgIpc) is 2.99. The van der Waals surface area contributed by atoms with Crippen LogP contribution in [-0.4, -0.2) is 59.9 Å². The Morgan fingerprint density at radius 3 is 2.55 bits per heavy atom. The predicted molar refractivity (Wildman–Crippen MR) is 181 cm³/mol. The van der Waals surface area contributed by atoms with E-state index >= 15 is 0 Å². The molecule has 0 radical (unpaired) electrons. The molecule has 3 aromatic heterocycles. The molecular formula is C36H45N5O2Si. The number of hydrogen-bond acceptors (Lipinski definition) is 6. The summed E-state index contributed by atoms with van der Waals surface area (Å²) in [7, 11) is 0.0882. The monoisotopic (exact) mass is 607 g/mol. The highest BCUT2D eigenvalue weighted by Gasteiger charge is 2.44. The number of hydrogen-bond donors (Lipinski definition) is 0. The molecule has 1 saturated carbocycles. The highest BCUT2D eigenvalue weighted by molar-refractivity contribution is 6.74. The van der Waals surface area contributed by atoms with Gasteiger partial charge >= 0.3 is 0 Å². The SMILES string of the molecule is Cc1cncc(-c2ccc(Cc3cc4c(c5ncccc35)N(C)CN([C@H]3CCCC[C@@H]3O[Si](C)(C)C(C)(C)C)C4=O)cn2)c1. The number of amides is 1. The van der Waals surface area contributed by atoms with Crippen molar-refractivity contribution in [2.75, 3.05) is 18.6 Å². The van der Waals surface area contributed by atoms with E-state index in [1.54, 1.807) is 0 Å². The molecule has 1 aromatic carbocycles. The highest BCUT2D eigenvalue weighted by atomic mass is 28.4. The normalized spacial score (nSPS) is 19.4. The molecule has 0 N–H and O–H groups in total. The zero-order valence-electron chi connectivity index (χ0n) is 27.2. The first-order chi connectivity index (χ1) is 20.9.